The molecule has 3 fully saturated rings. The van der Waals surface area contributed by atoms with Gasteiger partial charge in [-0.2, -0.15) is 0 Å². The van der Waals surface area contributed by atoms with Gasteiger partial charge in [-0.1, -0.05) is 44.2 Å². The number of benzene rings is 1. The molecule has 0 radical (unpaired) electrons. The zero-order valence-corrected chi connectivity index (χ0v) is 15.7. The van der Waals surface area contributed by atoms with E-state index < -0.39 is 11.7 Å². The first kappa shape index (κ1) is 18.3. The molecule has 1 saturated heterocycles. The summed E-state index contributed by atoms with van der Waals surface area (Å²) in [4.78, 5) is 2.35. The van der Waals surface area contributed by atoms with Gasteiger partial charge in [-0.3, -0.25) is 4.90 Å². The molecular weight excluding hydrogens is 326 g/mol. The molecule has 144 valence electrons. The highest BCUT2D eigenvalue weighted by molar-refractivity contribution is 5.27. The number of likely N-dealkylation sites (tertiary alicyclic amines) is 1. The Hall–Kier alpha value is -1.10. The van der Waals surface area contributed by atoms with Crippen LogP contribution < -0.4 is 0 Å². The lowest BCUT2D eigenvalue weighted by Gasteiger charge is -2.32. The first-order valence-corrected chi connectivity index (χ1v) is 10.4. The average Bonchev–Trinajstić information content (AvgIpc) is 3.10. The van der Waals surface area contributed by atoms with E-state index in [0.717, 1.165) is 43.8 Å². The second kappa shape index (κ2) is 7.49. The van der Waals surface area contributed by atoms with Gasteiger partial charge >= 0.3 is 0 Å². The van der Waals surface area contributed by atoms with Gasteiger partial charge in [0, 0.05) is 19.6 Å². The normalized spacial score (nSPS) is 34.1. The minimum atomic E-state index is -0.518. The molecular formula is C22H33NO3. The molecule has 4 atom stereocenters. The second-order valence-corrected chi connectivity index (χ2v) is 9.19. The maximum absolute atomic E-state index is 11.1. The van der Waals surface area contributed by atoms with Crippen molar-refractivity contribution in [2.45, 2.75) is 63.1 Å². The van der Waals surface area contributed by atoms with Crippen LogP contribution in [0.1, 0.15) is 63.0 Å². The molecule has 0 spiro atoms. The summed E-state index contributed by atoms with van der Waals surface area (Å²) in [6.45, 7) is 2.62. The SMILES string of the molecule is Oc1ccc(C(O)CN2CC3C[C@@](O)(CC4CCCCC4)C[C@@H]3C2)cc1. The van der Waals surface area contributed by atoms with Crippen molar-refractivity contribution in [1.82, 2.24) is 4.90 Å². The van der Waals surface area contributed by atoms with Gasteiger partial charge in [0.05, 0.1) is 11.7 Å². The summed E-state index contributed by atoms with van der Waals surface area (Å²) in [6, 6.07) is 6.84. The average molecular weight is 360 g/mol. The largest absolute Gasteiger partial charge is 0.508 e. The smallest absolute Gasteiger partial charge is 0.115 e. The molecule has 1 heterocycles. The first-order valence-electron chi connectivity index (χ1n) is 10.4. The highest BCUT2D eigenvalue weighted by Crippen LogP contribution is 2.48. The predicted molar refractivity (Wildman–Crippen MR) is 102 cm³/mol. The van der Waals surface area contributed by atoms with Gasteiger partial charge in [-0.05, 0) is 54.7 Å². The molecule has 1 aliphatic heterocycles. The number of hydrogen-bond acceptors (Lipinski definition) is 4. The number of β-amino-alcohol motifs (C(OH)–C–C–N with tert-alkyl or cyclic N) is 1. The van der Waals surface area contributed by atoms with E-state index in [1.165, 1.54) is 32.1 Å². The van der Waals surface area contributed by atoms with E-state index in [2.05, 4.69) is 4.90 Å². The van der Waals surface area contributed by atoms with E-state index in [-0.39, 0.29) is 5.75 Å². The van der Waals surface area contributed by atoms with Gasteiger partial charge in [0.25, 0.3) is 0 Å². The Bertz CT molecular complexity index is 582. The molecule has 3 N–H and O–H groups in total. The number of aliphatic hydroxyl groups is 2. The van der Waals surface area contributed by atoms with Crippen LogP contribution >= 0.6 is 0 Å². The number of fused-ring (bicyclic) bond motifs is 1. The minimum Gasteiger partial charge on any atom is -0.508 e. The number of nitrogens with zero attached hydrogens (tertiary/aromatic N) is 1. The first-order chi connectivity index (χ1) is 12.5. The van der Waals surface area contributed by atoms with E-state index >= 15 is 0 Å². The quantitative estimate of drug-likeness (QED) is 0.753. The lowest BCUT2D eigenvalue weighted by Crippen LogP contribution is -2.34. The van der Waals surface area contributed by atoms with Crippen molar-refractivity contribution in [3.05, 3.63) is 29.8 Å². The lowest BCUT2D eigenvalue weighted by atomic mass is 9.79. The summed E-state index contributed by atoms with van der Waals surface area (Å²) in [6.07, 6.45) is 9.06. The van der Waals surface area contributed by atoms with Crippen LogP contribution in [0.25, 0.3) is 0 Å². The third kappa shape index (κ3) is 4.08. The van der Waals surface area contributed by atoms with Gasteiger partial charge < -0.3 is 15.3 Å². The summed E-state index contributed by atoms with van der Waals surface area (Å²) in [5.41, 5.74) is 0.424. The van der Waals surface area contributed by atoms with Gasteiger partial charge in [0.1, 0.15) is 5.75 Å². The van der Waals surface area contributed by atoms with E-state index in [4.69, 9.17) is 0 Å². The maximum atomic E-state index is 11.1. The van der Waals surface area contributed by atoms with Gasteiger partial charge in [0.15, 0.2) is 0 Å². The summed E-state index contributed by atoms with van der Waals surface area (Å²) in [5.74, 6) is 2.13. The Morgan fingerprint density at radius 3 is 2.23 bits per heavy atom. The van der Waals surface area contributed by atoms with Crippen molar-refractivity contribution >= 4 is 0 Å². The van der Waals surface area contributed by atoms with Crippen LogP contribution in [0, 0.1) is 17.8 Å². The van der Waals surface area contributed by atoms with Crippen LogP contribution in [0.5, 0.6) is 5.75 Å². The monoisotopic (exact) mass is 359 g/mol. The van der Waals surface area contributed by atoms with E-state index in [9.17, 15) is 15.3 Å². The Morgan fingerprint density at radius 2 is 1.62 bits per heavy atom. The third-order valence-electron chi connectivity index (χ3n) is 7.04. The molecule has 4 heteroatoms. The molecule has 4 rings (SSSR count). The maximum Gasteiger partial charge on any atom is 0.115 e. The van der Waals surface area contributed by atoms with Crippen molar-refractivity contribution in [3.8, 4) is 5.75 Å². The number of hydrogen-bond donors (Lipinski definition) is 3. The van der Waals surface area contributed by atoms with Crippen LogP contribution in [0.2, 0.25) is 0 Å². The molecule has 1 aromatic rings. The Labute approximate surface area is 156 Å². The molecule has 2 unspecified atom stereocenters. The summed E-state index contributed by atoms with van der Waals surface area (Å²) >= 11 is 0. The van der Waals surface area contributed by atoms with Crippen molar-refractivity contribution in [2.75, 3.05) is 19.6 Å². The second-order valence-electron chi connectivity index (χ2n) is 9.19. The predicted octanol–water partition coefficient (Wildman–Crippen LogP) is 3.47. The standard InChI is InChI=1S/C22H33NO3/c24-20-8-6-17(7-9-20)21(25)15-23-13-18-11-22(26,12-19(18)14-23)10-16-4-2-1-3-5-16/h6-9,16,18-19,21,24-26H,1-5,10-15H2/t18-,19?,21?,22-/m1/s1. The number of phenols is 1. The van der Waals surface area contributed by atoms with Crippen LogP contribution in [0.15, 0.2) is 24.3 Å². The number of aromatic hydroxyl groups is 1. The molecule has 0 aromatic heterocycles. The minimum absolute atomic E-state index is 0.230. The summed E-state index contributed by atoms with van der Waals surface area (Å²) in [5, 5.41) is 31.0. The topological polar surface area (TPSA) is 63.9 Å². The Morgan fingerprint density at radius 1 is 1.00 bits per heavy atom. The summed E-state index contributed by atoms with van der Waals surface area (Å²) < 4.78 is 0. The molecule has 0 bridgehead atoms. The highest BCUT2D eigenvalue weighted by atomic mass is 16.3. The fourth-order valence-electron chi connectivity index (χ4n) is 5.85. The number of phenolic OH excluding ortho intramolecular Hbond substituents is 1. The van der Waals surface area contributed by atoms with Crippen molar-refractivity contribution in [1.29, 1.82) is 0 Å². The van der Waals surface area contributed by atoms with E-state index in [1.54, 1.807) is 24.3 Å². The van der Waals surface area contributed by atoms with Crippen molar-refractivity contribution in [2.24, 2.45) is 17.8 Å². The number of aliphatic hydroxyl groups excluding tert-OH is 1. The zero-order valence-electron chi connectivity index (χ0n) is 15.7. The highest BCUT2D eigenvalue weighted by Gasteiger charge is 2.48. The third-order valence-corrected chi connectivity index (χ3v) is 7.04. The molecule has 1 aromatic carbocycles. The molecule has 26 heavy (non-hydrogen) atoms. The van der Waals surface area contributed by atoms with Crippen LogP contribution in [0.3, 0.4) is 0 Å². The van der Waals surface area contributed by atoms with E-state index in [1.807, 2.05) is 0 Å². The van der Waals surface area contributed by atoms with E-state index in [0.29, 0.717) is 18.4 Å². The van der Waals surface area contributed by atoms with Crippen molar-refractivity contribution < 1.29 is 15.3 Å². The molecule has 3 aliphatic rings. The molecule has 0 amide bonds. The molecule has 2 aliphatic carbocycles. The van der Waals surface area contributed by atoms with Crippen LogP contribution in [-0.4, -0.2) is 45.5 Å². The fourth-order valence-corrected chi connectivity index (χ4v) is 5.85. The number of rotatable bonds is 5. The summed E-state index contributed by atoms with van der Waals surface area (Å²) in [7, 11) is 0. The van der Waals surface area contributed by atoms with Gasteiger partial charge in [-0.25, -0.2) is 0 Å². The van der Waals surface area contributed by atoms with Gasteiger partial charge in [0.2, 0.25) is 0 Å². The molecule has 4 nitrogen and oxygen atoms in total. The Balaban J connectivity index is 1.28. The van der Waals surface area contributed by atoms with Gasteiger partial charge in [-0.15, -0.1) is 0 Å². The molecule has 2 saturated carbocycles. The zero-order chi connectivity index (χ0) is 18.1. The Kier molecular flexibility index (Phi) is 5.27. The van der Waals surface area contributed by atoms with Crippen LogP contribution in [0.4, 0.5) is 0 Å². The fraction of sp³-hybridized carbons (Fsp3) is 0.727. The van der Waals surface area contributed by atoms with Crippen LogP contribution in [-0.2, 0) is 0 Å². The lowest BCUT2D eigenvalue weighted by molar-refractivity contribution is 0.00460. The van der Waals surface area contributed by atoms with Crippen molar-refractivity contribution in [3.63, 3.8) is 0 Å².